The molecule has 146 valence electrons. The van der Waals surface area contributed by atoms with Gasteiger partial charge in [0.05, 0.1) is 13.7 Å². The van der Waals surface area contributed by atoms with Crippen molar-refractivity contribution in [2.75, 3.05) is 40.0 Å². The minimum Gasteiger partial charge on any atom is -0.497 e. The van der Waals surface area contributed by atoms with Crippen LogP contribution in [-0.2, 0) is 4.74 Å². The quantitative estimate of drug-likeness (QED) is 0.340. The molecule has 0 heterocycles. The third-order valence-corrected chi connectivity index (χ3v) is 4.06. The number of hydrogen-bond acceptors (Lipinski definition) is 4. The van der Waals surface area contributed by atoms with Gasteiger partial charge in [-0.1, -0.05) is 0 Å². The summed E-state index contributed by atoms with van der Waals surface area (Å²) in [5.74, 6) is 3.29. The summed E-state index contributed by atoms with van der Waals surface area (Å²) in [7, 11) is 1.65. The molecular formula is C20H33N3O3. The zero-order valence-electron chi connectivity index (χ0n) is 16.3. The van der Waals surface area contributed by atoms with Crippen LogP contribution in [0.3, 0.4) is 0 Å². The molecule has 1 atom stereocenters. The zero-order valence-corrected chi connectivity index (χ0v) is 16.3. The van der Waals surface area contributed by atoms with Gasteiger partial charge < -0.3 is 24.8 Å². The van der Waals surface area contributed by atoms with E-state index in [-0.39, 0.29) is 6.10 Å². The average molecular weight is 364 g/mol. The molecule has 0 saturated heterocycles. The van der Waals surface area contributed by atoms with Gasteiger partial charge in [-0.2, -0.15) is 0 Å². The predicted molar refractivity (Wildman–Crippen MR) is 105 cm³/mol. The summed E-state index contributed by atoms with van der Waals surface area (Å²) in [6.07, 6.45) is 3.65. The Kier molecular flexibility index (Phi) is 9.10. The van der Waals surface area contributed by atoms with Crippen LogP contribution >= 0.6 is 0 Å². The van der Waals surface area contributed by atoms with Crippen LogP contribution in [0, 0.1) is 5.92 Å². The summed E-state index contributed by atoms with van der Waals surface area (Å²) in [5.41, 5.74) is 0. The number of guanidine groups is 1. The minimum atomic E-state index is -0.0132. The van der Waals surface area contributed by atoms with Crippen LogP contribution in [-0.4, -0.2) is 52.0 Å². The predicted octanol–water partition coefficient (Wildman–Crippen LogP) is 2.83. The molecule has 0 aliphatic heterocycles. The van der Waals surface area contributed by atoms with Gasteiger partial charge in [0.15, 0.2) is 5.96 Å². The Morgan fingerprint density at radius 1 is 1.19 bits per heavy atom. The highest BCUT2D eigenvalue weighted by molar-refractivity contribution is 5.79. The number of ether oxygens (including phenoxy) is 3. The van der Waals surface area contributed by atoms with Crippen molar-refractivity contribution < 1.29 is 14.2 Å². The lowest BCUT2D eigenvalue weighted by atomic mass is 10.3. The van der Waals surface area contributed by atoms with Crippen molar-refractivity contribution in [3.63, 3.8) is 0 Å². The number of rotatable bonds is 12. The van der Waals surface area contributed by atoms with Gasteiger partial charge in [0, 0.05) is 26.3 Å². The second-order valence-corrected chi connectivity index (χ2v) is 6.62. The van der Waals surface area contributed by atoms with Crippen LogP contribution in [0.5, 0.6) is 11.5 Å². The lowest BCUT2D eigenvalue weighted by molar-refractivity contribution is 0.123. The maximum absolute atomic E-state index is 5.89. The fourth-order valence-corrected chi connectivity index (χ4v) is 2.40. The van der Waals surface area contributed by atoms with Crippen molar-refractivity contribution in [3.05, 3.63) is 24.3 Å². The van der Waals surface area contributed by atoms with Crippen molar-refractivity contribution in [2.45, 2.75) is 39.2 Å². The Hall–Kier alpha value is -1.95. The van der Waals surface area contributed by atoms with Crippen molar-refractivity contribution in [1.29, 1.82) is 0 Å². The van der Waals surface area contributed by atoms with E-state index in [0.29, 0.717) is 6.54 Å². The Morgan fingerprint density at radius 3 is 2.58 bits per heavy atom. The van der Waals surface area contributed by atoms with Gasteiger partial charge in [0.2, 0.25) is 0 Å². The number of aliphatic imine (C=N–C) groups is 1. The van der Waals surface area contributed by atoms with Crippen LogP contribution in [0.4, 0.5) is 0 Å². The van der Waals surface area contributed by atoms with Gasteiger partial charge >= 0.3 is 0 Å². The standard InChI is InChI=1S/C20H33N3O3/c1-4-21-20(22-12-5-13-25-15-17-6-7-17)23-14-16(2)26-19-10-8-18(24-3)9-11-19/h8-11,16-17H,4-7,12-15H2,1-3H3,(H2,21,22,23). The molecule has 1 aromatic rings. The number of hydrogen-bond donors (Lipinski definition) is 2. The smallest absolute Gasteiger partial charge is 0.191 e. The number of nitrogens with zero attached hydrogens (tertiary/aromatic N) is 1. The molecule has 1 aromatic carbocycles. The van der Waals surface area contributed by atoms with Crippen LogP contribution in [0.1, 0.15) is 33.1 Å². The molecule has 6 nitrogen and oxygen atoms in total. The van der Waals surface area contributed by atoms with Crippen molar-refractivity contribution in [3.8, 4) is 11.5 Å². The summed E-state index contributed by atoms with van der Waals surface area (Å²) in [6, 6.07) is 7.60. The van der Waals surface area contributed by atoms with Crippen molar-refractivity contribution in [1.82, 2.24) is 10.6 Å². The monoisotopic (exact) mass is 363 g/mol. The highest BCUT2D eigenvalue weighted by Crippen LogP contribution is 2.28. The Balaban J connectivity index is 1.66. The van der Waals surface area contributed by atoms with E-state index in [4.69, 9.17) is 14.2 Å². The van der Waals surface area contributed by atoms with Crippen molar-refractivity contribution >= 4 is 5.96 Å². The van der Waals surface area contributed by atoms with E-state index in [2.05, 4.69) is 22.5 Å². The third-order valence-electron chi connectivity index (χ3n) is 4.06. The number of benzene rings is 1. The van der Waals surface area contributed by atoms with Crippen LogP contribution in [0.25, 0.3) is 0 Å². The normalized spacial score (nSPS) is 15.4. The molecule has 0 radical (unpaired) electrons. The fraction of sp³-hybridized carbons (Fsp3) is 0.650. The van der Waals surface area contributed by atoms with Gasteiger partial charge in [-0.05, 0) is 63.3 Å². The molecule has 1 unspecified atom stereocenters. The maximum atomic E-state index is 5.89. The zero-order chi connectivity index (χ0) is 18.6. The fourth-order valence-electron chi connectivity index (χ4n) is 2.40. The molecule has 1 aliphatic carbocycles. The highest BCUT2D eigenvalue weighted by Gasteiger charge is 2.20. The van der Waals surface area contributed by atoms with E-state index in [0.717, 1.165) is 56.1 Å². The van der Waals surface area contributed by atoms with Crippen LogP contribution < -0.4 is 20.1 Å². The molecule has 1 fully saturated rings. The summed E-state index contributed by atoms with van der Waals surface area (Å²) in [4.78, 5) is 4.60. The molecule has 2 rings (SSSR count). The Morgan fingerprint density at radius 2 is 1.92 bits per heavy atom. The number of nitrogens with one attached hydrogen (secondary N) is 2. The van der Waals surface area contributed by atoms with Gasteiger partial charge in [0.25, 0.3) is 0 Å². The number of methoxy groups -OCH3 is 1. The SMILES string of the molecule is CCNC(=NCC(C)Oc1ccc(OC)cc1)NCCCOCC1CC1. The molecule has 0 bridgehead atoms. The molecule has 6 heteroatoms. The summed E-state index contributed by atoms with van der Waals surface area (Å²) in [5, 5.41) is 6.61. The second kappa shape index (κ2) is 11.6. The first kappa shape index (κ1) is 20.4. The van der Waals surface area contributed by atoms with Gasteiger partial charge in [-0.15, -0.1) is 0 Å². The Labute approximate surface area is 157 Å². The van der Waals surface area contributed by atoms with Gasteiger partial charge in [-0.3, -0.25) is 0 Å². The van der Waals surface area contributed by atoms with E-state index < -0.39 is 0 Å². The second-order valence-electron chi connectivity index (χ2n) is 6.62. The van der Waals surface area contributed by atoms with Crippen LogP contribution in [0.2, 0.25) is 0 Å². The van der Waals surface area contributed by atoms with E-state index in [1.54, 1.807) is 7.11 Å². The minimum absolute atomic E-state index is 0.0132. The van der Waals surface area contributed by atoms with E-state index in [1.165, 1.54) is 12.8 Å². The lowest BCUT2D eigenvalue weighted by Gasteiger charge is -2.15. The molecule has 26 heavy (non-hydrogen) atoms. The summed E-state index contributed by atoms with van der Waals surface area (Å²) < 4.78 is 16.7. The molecular weight excluding hydrogens is 330 g/mol. The van der Waals surface area contributed by atoms with Gasteiger partial charge in [-0.25, -0.2) is 4.99 Å². The average Bonchev–Trinajstić information content (AvgIpc) is 3.47. The molecule has 1 aliphatic rings. The van der Waals surface area contributed by atoms with E-state index in [1.807, 2.05) is 31.2 Å². The molecule has 2 N–H and O–H groups in total. The van der Waals surface area contributed by atoms with E-state index >= 15 is 0 Å². The largest absolute Gasteiger partial charge is 0.497 e. The Bertz CT molecular complexity index is 530. The molecule has 0 spiro atoms. The first-order valence-corrected chi connectivity index (χ1v) is 9.62. The molecule has 0 aromatic heterocycles. The first-order valence-electron chi connectivity index (χ1n) is 9.62. The topological polar surface area (TPSA) is 64.1 Å². The van der Waals surface area contributed by atoms with Gasteiger partial charge in [0.1, 0.15) is 17.6 Å². The van der Waals surface area contributed by atoms with Crippen molar-refractivity contribution in [2.24, 2.45) is 10.9 Å². The van der Waals surface area contributed by atoms with E-state index in [9.17, 15) is 0 Å². The third kappa shape index (κ3) is 8.43. The first-order chi connectivity index (χ1) is 12.7. The molecule has 0 amide bonds. The summed E-state index contributed by atoms with van der Waals surface area (Å²) in [6.45, 7) is 8.08. The highest BCUT2D eigenvalue weighted by atomic mass is 16.5. The summed E-state index contributed by atoms with van der Waals surface area (Å²) >= 11 is 0. The lowest BCUT2D eigenvalue weighted by Crippen LogP contribution is -2.38. The van der Waals surface area contributed by atoms with Crippen LogP contribution in [0.15, 0.2) is 29.3 Å². The molecule has 1 saturated carbocycles. The maximum Gasteiger partial charge on any atom is 0.191 e.